The van der Waals surface area contributed by atoms with E-state index in [1.54, 1.807) is 29.2 Å². The molecule has 1 heterocycles. The summed E-state index contributed by atoms with van der Waals surface area (Å²) < 4.78 is 12.3. The van der Waals surface area contributed by atoms with E-state index < -0.39 is 24.4 Å². The Labute approximate surface area is 234 Å². The van der Waals surface area contributed by atoms with Gasteiger partial charge in [-0.2, -0.15) is 0 Å². The van der Waals surface area contributed by atoms with E-state index in [2.05, 4.69) is 21.2 Å². The van der Waals surface area contributed by atoms with Gasteiger partial charge in [-0.1, -0.05) is 52.3 Å². The smallest absolute Gasteiger partial charge is 0.311 e. The summed E-state index contributed by atoms with van der Waals surface area (Å²) in [6.07, 6.45) is 0.0275. The molecule has 1 fully saturated rings. The minimum atomic E-state index is -0.645. The molecule has 2 amide bonds. The lowest BCUT2D eigenvalue weighted by Gasteiger charge is -2.17. The Bertz CT molecular complexity index is 1560. The molecule has 0 spiro atoms. The second-order valence-electron chi connectivity index (χ2n) is 9.55. The first-order valence-corrected chi connectivity index (χ1v) is 13.4. The summed E-state index contributed by atoms with van der Waals surface area (Å²) in [6, 6.07) is 24.8. The Morgan fingerprint density at radius 2 is 1.72 bits per heavy atom. The molecule has 198 valence electrons. The zero-order chi connectivity index (χ0) is 27.5. The van der Waals surface area contributed by atoms with Crippen molar-refractivity contribution < 1.29 is 23.9 Å². The first-order chi connectivity index (χ1) is 18.8. The van der Waals surface area contributed by atoms with Crippen LogP contribution in [0.5, 0.6) is 11.5 Å². The molecule has 0 saturated carbocycles. The largest absolute Gasteiger partial charge is 0.457 e. The number of benzene rings is 4. The number of hydrogen-bond donors (Lipinski definition) is 1. The molecular formula is C31H27BrN2O5. The zero-order valence-electron chi connectivity index (χ0n) is 21.6. The summed E-state index contributed by atoms with van der Waals surface area (Å²) in [5, 5.41) is 4.87. The van der Waals surface area contributed by atoms with E-state index in [1.165, 1.54) is 0 Å². The number of hydrogen-bond acceptors (Lipinski definition) is 5. The minimum absolute atomic E-state index is 0.0275. The van der Waals surface area contributed by atoms with E-state index >= 15 is 0 Å². The number of amides is 2. The van der Waals surface area contributed by atoms with E-state index in [0.29, 0.717) is 17.1 Å². The number of ether oxygens (including phenoxy) is 2. The van der Waals surface area contributed by atoms with Gasteiger partial charge in [-0.05, 0) is 72.8 Å². The highest BCUT2D eigenvalue weighted by molar-refractivity contribution is 9.10. The second kappa shape index (κ2) is 11.3. The summed E-state index contributed by atoms with van der Waals surface area (Å²) in [5.74, 6) is -0.439. The molecule has 5 rings (SSSR count). The van der Waals surface area contributed by atoms with Gasteiger partial charge in [0.1, 0.15) is 11.5 Å². The van der Waals surface area contributed by atoms with Gasteiger partial charge in [0.15, 0.2) is 6.61 Å². The maximum atomic E-state index is 12.7. The number of nitrogens with one attached hydrogen (secondary N) is 1. The molecule has 0 unspecified atom stereocenters. The third-order valence-corrected chi connectivity index (χ3v) is 7.56. The van der Waals surface area contributed by atoms with Crippen molar-refractivity contribution in [1.82, 2.24) is 0 Å². The highest BCUT2D eigenvalue weighted by Crippen LogP contribution is 2.32. The van der Waals surface area contributed by atoms with Crippen LogP contribution >= 0.6 is 15.9 Å². The van der Waals surface area contributed by atoms with Gasteiger partial charge < -0.3 is 19.7 Å². The topological polar surface area (TPSA) is 84.9 Å². The fourth-order valence-electron chi connectivity index (χ4n) is 4.58. The third kappa shape index (κ3) is 5.96. The van der Waals surface area contributed by atoms with Crippen molar-refractivity contribution in [2.24, 2.45) is 5.92 Å². The van der Waals surface area contributed by atoms with E-state index in [9.17, 15) is 14.4 Å². The van der Waals surface area contributed by atoms with Crippen LogP contribution in [0, 0.1) is 19.8 Å². The maximum absolute atomic E-state index is 12.7. The van der Waals surface area contributed by atoms with Crippen molar-refractivity contribution in [2.75, 3.05) is 23.4 Å². The summed E-state index contributed by atoms with van der Waals surface area (Å²) in [4.78, 5) is 39.3. The average Bonchev–Trinajstić information content (AvgIpc) is 3.32. The summed E-state index contributed by atoms with van der Waals surface area (Å²) in [7, 11) is 0. The van der Waals surface area contributed by atoms with Crippen LogP contribution in [0.15, 0.2) is 83.3 Å². The van der Waals surface area contributed by atoms with E-state index in [0.717, 1.165) is 32.1 Å². The molecule has 8 heteroatoms. The molecule has 0 aromatic heterocycles. The van der Waals surface area contributed by atoms with Gasteiger partial charge in [0.25, 0.3) is 5.91 Å². The van der Waals surface area contributed by atoms with Crippen LogP contribution in [-0.2, 0) is 19.1 Å². The first-order valence-electron chi connectivity index (χ1n) is 12.6. The SMILES string of the molecule is Cc1cc(NC(=O)COC(=O)[C@@H]2CC(=O)N(c3ccc(Oc4cccc5ccccc45)cc3)C2)c(C)cc1Br. The monoisotopic (exact) mass is 586 g/mol. The van der Waals surface area contributed by atoms with Crippen LogP contribution in [0.4, 0.5) is 11.4 Å². The van der Waals surface area contributed by atoms with Crippen molar-refractivity contribution in [2.45, 2.75) is 20.3 Å². The molecule has 1 atom stereocenters. The Morgan fingerprint density at radius 3 is 2.51 bits per heavy atom. The number of aryl methyl sites for hydroxylation is 2. The van der Waals surface area contributed by atoms with Gasteiger partial charge in [0, 0.05) is 34.2 Å². The highest BCUT2D eigenvalue weighted by atomic mass is 79.9. The molecule has 39 heavy (non-hydrogen) atoms. The van der Waals surface area contributed by atoms with Crippen LogP contribution in [0.3, 0.4) is 0 Å². The fraction of sp³-hybridized carbons (Fsp3) is 0.194. The predicted octanol–water partition coefficient (Wildman–Crippen LogP) is 6.55. The molecule has 1 aliphatic rings. The normalized spacial score (nSPS) is 14.9. The summed E-state index contributed by atoms with van der Waals surface area (Å²) in [5.41, 5.74) is 3.19. The molecule has 0 bridgehead atoms. The van der Waals surface area contributed by atoms with Crippen molar-refractivity contribution in [3.8, 4) is 11.5 Å². The van der Waals surface area contributed by atoms with E-state index in [1.807, 2.05) is 68.4 Å². The van der Waals surface area contributed by atoms with Crippen LogP contribution in [0.25, 0.3) is 10.8 Å². The van der Waals surface area contributed by atoms with Crippen LogP contribution < -0.4 is 15.0 Å². The third-order valence-electron chi connectivity index (χ3n) is 6.71. The molecular weight excluding hydrogens is 560 g/mol. The van der Waals surface area contributed by atoms with Gasteiger partial charge in [0.2, 0.25) is 5.91 Å². The van der Waals surface area contributed by atoms with Crippen LogP contribution in [0.2, 0.25) is 0 Å². The number of carbonyl (C=O) groups excluding carboxylic acids is 3. The average molecular weight is 587 g/mol. The van der Waals surface area contributed by atoms with Gasteiger partial charge in [-0.3, -0.25) is 14.4 Å². The summed E-state index contributed by atoms with van der Waals surface area (Å²) >= 11 is 3.47. The number of esters is 1. The van der Waals surface area contributed by atoms with Crippen molar-refractivity contribution in [1.29, 1.82) is 0 Å². The Morgan fingerprint density at radius 1 is 0.974 bits per heavy atom. The lowest BCUT2D eigenvalue weighted by atomic mass is 10.1. The molecule has 0 radical (unpaired) electrons. The van der Waals surface area contributed by atoms with Crippen LogP contribution in [0.1, 0.15) is 17.5 Å². The number of anilines is 2. The molecule has 7 nitrogen and oxygen atoms in total. The molecule has 1 saturated heterocycles. The Kier molecular flexibility index (Phi) is 7.65. The van der Waals surface area contributed by atoms with Gasteiger partial charge in [-0.25, -0.2) is 0 Å². The highest BCUT2D eigenvalue weighted by Gasteiger charge is 2.36. The van der Waals surface area contributed by atoms with Crippen LogP contribution in [-0.4, -0.2) is 30.9 Å². The second-order valence-corrected chi connectivity index (χ2v) is 10.4. The fourth-order valence-corrected chi connectivity index (χ4v) is 5.04. The van der Waals surface area contributed by atoms with Crippen molar-refractivity contribution in [3.63, 3.8) is 0 Å². The van der Waals surface area contributed by atoms with Gasteiger partial charge >= 0.3 is 5.97 Å². The predicted molar refractivity (Wildman–Crippen MR) is 154 cm³/mol. The van der Waals surface area contributed by atoms with E-state index in [4.69, 9.17) is 9.47 Å². The number of nitrogens with zero attached hydrogens (tertiary/aromatic N) is 1. The zero-order valence-corrected chi connectivity index (χ0v) is 23.2. The Hall–Kier alpha value is -4.17. The maximum Gasteiger partial charge on any atom is 0.311 e. The van der Waals surface area contributed by atoms with Gasteiger partial charge in [0.05, 0.1) is 5.92 Å². The van der Waals surface area contributed by atoms with Gasteiger partial charge in [-0.15, -0.1) is 0 Å². The molecule has 4 aromatic carbocycles. The first kappa shape index (κ1) is 26.4. The Balaban J connectivity index is 1.17. The number of carbonyl (C=O) groups is 3. The lowest BCUT2D eigenvalue weighted by molar-refractivity contribution is -0.151. The quantitative estimate of drug-likeness (QED) is 0.248. The van der Waals surface area contributed by atoms with Crippen molar-refractivity contribution in [3.05, 3.63) is 94.5 Å². The molecule has 1 aliphatic heterocycles. The molecule has 1 N–H and O–H groups in total. The number of rotatable bonds is 7. The minimum Gasteiger partial charge on any atom is -0.457 e. The standard InChI is InChI=1S/C31H27BrN2O5/c1-19-15-27(20(2)14-26(19)32)33-29(35)18-38-31(37)22-16-30(36)34(17-22)23-10-12-24(13-11-23)39-28-9-5-7-21-6-3-4-8-25(21)28/h3-15,22H,16-18H2,1-2H3,(H,33,35)/t22-/m1/s1. The molecule has 4 aromatic rings. The summed E-state index contributed by atoms with van der Waals surface area (Å²) in [6.45, 7) is 3.58. The molecule has 0 aliphatic carbocycles. The number of fused-ring (bicyclic) bond motifs is 1. The van der Waals surface area contributed by atoms with Crippen molar-refractivity contribution >= 4 is 55.9 Å². The van der Waals surface area contributed by atoms with E-state index in [-0.39, 0.29) is 18.9 Å². The lowest BCUT2D eigenvalue weighted by Crippen LogP contribution is -2.28. The number of halogens is 1.